The first kappa shape index (κ1) is 14.5. The maximum absolute atomic E-state index is 13.9. The summed E-state index contributed by atoms with van der Waals surface area (Å²) < 4.78 is 34.1. The summed E-state index contributed by atoms with van der Waals surface area (Å²) in [7, 11) is 1.77. The average Bonchev–Trinajstić information content (AvgIpc) is 2.86. The van der Waals surface area contributed by atoms with Gasteiger partial charge < -0.3 is 9.30 Å². The number of benzene rings is 1. The van der Waals surface area contributed by atoms with Crippen molar-refractivity contribution in [3.05, 3.63) is 60.2 Å². The third-order valence-corrected chi connectivity index (χ3v) is 3.21. The molecular formula is C14H13ClF2N2O. The van der Waals surface area contributed by atoms with E-state index in [1.165, 1.54) is 12.1 Å². The van der Waals surface area contributed by atoms with E-state index in [-0.39, 0.29) is 12.4 Å². The Balaban J connectivity index is 2.47. The Morgan fingerprint density at radius 3 is 2.85 bits per heavy atom. The van der Waals surface area contributed by atoms with Gasteiger partial charge in [-0.2, -0.15) is 4.39 Å². The molecule has 0 N–H and O–H groups in total. The van der Waals surface area contributed by atoms with E-state index in [1.54, 1.807) is 24.0 Å². The minimum absolute atomic E-state index is 0.0531. The van der Waals surface area contributed by atoms with Crippen LogP contribution >= 0.6 is 11.6 Å². The Morgan fingerprint density at radius 2 is 2.25 bits per heavy atom. The molecule has 0 saturated carbocycles. The van der Waals surface area contributed by atoms with E-state index in [0.717, 1.165) is 6.07 Å². The number of rotatable bonds is 5. The van der Waals surface area contributed by atoms with E-state index < -0.39 is 17.0 Å². The number of alkyl halides is 1. The van der Waals surface area contributed by atoms with Crippen LogP contribution in [0.15, 0.2) is 37.2 Å². The lowest BCUT2D eigenvalue weighted by Crippen LogP contribution is -2.07. The van der Waals surface area contributed by atoms with Gasteiger partial charge in [0.1, 0.15) is 17.8 Å². The predicted octanol–water partition coefficient (Wildman–Crippen LogP) is 3.59. The highest BCUT2D eigenvalue weighted by Crippen LogP contribution is 2.36. The van der Waals surface area contributed by atoms with Crippen molar-refractivity contribution in [2.24, 2.45) is 7.05 Å². The summed E-state index contributed by atoms with van der Waals surface area (Å²) in [5.41, 5.74) is 0.321. The first-order valence-corrected chi connectivity index (χ1v) is 6.32. The quantitative estimate of drug-likeness (QED) is 0.623. The minimum Gasteiger partial charge on any atom is -0.486 e. The molecule has 1 unspecified atom stereocenters. The van der Waals surface area contributed by atoms with Crippen molar-refractivity contribution in [3.63, 3.8) is 0 Å². The maximum Gasteiger partial charge on any atom is 0.200 e. The van der Waals surface area contributed by atoms with Crippen LogP contribution in [0, 0.1) is 11.6 Å². The monoisotopic (exact) mass is 298 g/mol. The fraction of sp³-hybridized carbons (Fsp3) is 0.214. The molecule has 20 heavy (non-hydrogen) atoms. The second kappa shape index (κ2) is 6.05. The van der Waals surface area contributed by atoms with E-state index in [0.29, 0.717) is 11.4 Å². The molecule has 0 aliphatic rings. The number of imidazole rings is 1. The number of ether oxygens (including phenoxy) is 1. The van der Waals surface area contributed by atoms with Crippen molar-refractivity contribution < 1.29 is 13.5 Å². The van der Waals surface area contributed by atoms with Gasteiger partial charge in [0.05, 0.1) is 0 Å². The van der Waals surface area contributed by atoms with E-state index in [4.69, 9.17) is 16.3 Å². The van der Waals surface area contributed by atoms with Gasteiger partial charge in [-0.05, 0) is 6.07 Å². The van der Waals surface area contributed by atoms with E-state index in [1.807, 2.05) is 0 Å². The Labute approximate surface area is 120 Å². The molecule has 3 nitrogen and oxygen atoms in total. The number of nitrogens with zero attached hydrogens (tertiary/aromatic N) is 2. The van der Waals surface area contributed by atoms with Crippen molar-refractivity contribution >= 4 is 11.6 Å². The molecule has 0 spiro atoms. The van der Waals surface area contributed by atoms with Crippen LogP contribution < -0.4 is 4.74 Å². The van der Waals surface area contributed by atoms with Crippen LogP contribution in [0.5, 0.6) is 5.75 Å². The third-order valence-electron chi connectivity index (χ3n) is 2.78. The Bertz CT molecular complexity index is 628. The average molecular weight is 299 g/mol. The molecule has 0 bridgehead atoms. The van der Waals surface area contributed by atoms with Crippen LogP contribution in [0.1, 0.15) is 16.8 Å². The smallest absolute Gasteiger partial charge is 0.200 e. The normalized spacial score (nSPS) is 12.2. The van der Waals surface area contributed by atoms with Gasteiger partial charge in [0, 0.05) is 25.0 Å². The highest BCUT2D eigenvalue weighted by molar-refractivity contribution is 6.22. The van der Waals surface area contributed by atoms with Gasteiger partial charge >= 0.3 is 0 Å². The molecule has 6 heteroatoms. The second-order valence-electron chi connectivity index (χ2n) is 4.14. The molecule has 2 aromatic rings. The van der Waals surface area contributed by atoms with Crippen molar-refractivity contribution in [2.45, 2.75) is 5.38 Å². The summed E-state index contributed by atoms with van der Waals surface area (Å²) in [6.45, 7) is 3.53. The van der Waals surface area contributed by atoms with Gasteiger partial charge in [0.25, 0.3) is 0 Å². The molecule has 0 saturated heterocycles. The highest BCUT2D eigenvalue weighted by Gasteiger charge is 2.24. The molecule has 0 fully saturated rings. The Kier molecular flexibility index (Phi) is 4.39. The molecule has 0 aliphatic carbocycles. The highest BCUT2D eigenvalue weighted by atomic mass is 35.5. The lowest BCUT2D eigenvalue weighted by atomic mass is 10.1. The van der Waals surface area contributed by atoms with E-state index >= 15 is 0 Å². The molecule has 1 aromatic heterocycles. The van der Waals surface area contributed by atoms with Crippen LogP contribution in [0.25, 0.3) is 0 Å². The summed E-state index contributed by atoms with van der Waals surface area (Å²) in [4.78, 5) is 4.10. The van der Waals surface area contributed by atoms with Gasteiger partial charge in [-0.15, -0.1) is 11.6 Å². The first-order valence-electron chi connectivity index (χ1n) is 5.89. The number of hydrogen-bond donors (Lipinski definition) is 0. The fourth-order valence-corrected chi connectivity index (χ4v) is 2.18. The molecule has 0 amide bonds. The summed E-state index contributed by atoms with van der Waals surface area (Å²) in [6.07, 6.45) is 4.74. The van der Waals surface area contributed by atoms with E-state index in [9.17, 15) is 8.78 Å². The molecule has 1 aromatic carbocycles. The minimum atomic E-state index is -1.07. The van der Waals surface area contributed by atoms with Crippen LogP contribution in [-0.4, -0.2) is 16.2 Å². The zero-order chi connectivity index (χ0) is 14.7. The van der Waals surface area contributed by atoms with Crippen LogP contribution in [-0.2, 0) is 7.05 Å². The molecule has 0 aliphatic heterocycles. The Hall–Kier alpha value is -1.88. The lowest BCUT2D eigenvalue weighted by molar-refractivity contribution is 0.328. The molecule has 1 atom stereocenters. The topological polar surface area (TPSA) is 27.1 Å². The van der Waals surface area contributed by atoms with Gasteiger partial charge in [-0.3, -0.25) is 0 Å². The SMILES string of the molecule is C=CCOc1c(C(Cl)c2nccn2C)ccc(F)c1F. The Morgan fingerprint density at radius 1 is 1.50 bits per heavy atom. The van der Waals surface area contributed by atoms with Gasteiger partial charge in [-0.1, -0.05) is 18.7 Å². The first-order chi connectivity index (χ1) is 9.56. The van der Waals surface area contributed by atoms with Gasteiger partial charge in [-0.25, -0.2) is 9.37 Å². The summed E-state index contributed by atoms with van der Waals surface area (Å²) >= 11 is 6.31. The molecule has 106 valence electrons. The van der Waals surface area contributed by atoms with Crippen molar-refractivity contribution in [2.75, 3.05) is 6.61 Å². The van der Waals surface area contributed by atoms with Crippen LogP contribution in [0.3, 0.4) is 0 Å². The van der Waals surface area contributed by atoms with Crippen LogP contribution in [0.2, 0.25) is 0 Å². The van der Waals surface area contributed by atoms with Gasteiger partial charge in [0.15, 0.2) is 11.6 Å². The summed E-state index contributed by atoms with van der Waals surface area (Å²) in [5.74, 6) is -1.75. The zero-order valence-electron chi connectivity index (χ0n) is 10.8. The van der Waals surface area contributed by atoms with Gasteiger partial charge in [0.2, 0.25) is 5.82 Å². The molecule has 2 rings (SSSR count). The standard InChI is InChI=1S/C14H13ClF2N2O/c1-3-8-20-13-9(4-5-10(16)12(13)17)11(15)14-18-6-7-19(14)2/h3-7,11H,1,8H2,2H3. The fourth-order valence-electron chi connectivity index (χ4n) is 1.80. The van der Waals surface area contributed by atoms with Crippen LogP contribution in [0.4, 0.5) is 8.78 Å². The maximum atomic E-state index is 13.9. The second-order valence-corrected chi connectivity index (χ2v) is 4.57. The summed E-state index contributed by atoms with van der Waals surface area (Å²) in [6, 6.07) is 2.41. The number of halogens is 3. The number of hydrogen-bond acceptors (Lipinski definition) is 2. The summed E-state index contributed by atoms with van der Waals surface area (Å²) in [5, 5.41) is -0.745. The molecular weight excluding hydrogens is 286 g/mol. The molecule has 1 heterocycles. The largest absolute Gasteiger partial charge is 0.486 e. The third kappa shape index (κ3) is 2.67. The van der Waals surface area contributed by atoms with Crippen molar-refractivity contribution in [1.29, 1.82) is 0 Å². The van der Waals surface area contributed by atoms with Crippen molar-refractivity contribution in [3.8, 4) is 5.75 Å². The van der Waals surface area contributed by atoms with Crippen molar-refractivity contribution in [1.82, 2.24) is 9.55 Å². The van der Waals surface area contributed by atoms with E-state index in [2.05, 4.69) is 11.6 Å². The molecule has 0 radical (unpaired) electrons. The number of aromatic nitrogens is 2. The predicted molar refractivity (Wildman–Crippen MR) is 73.0 cm³/mol. The number of aryl methyl sites for hydroxylation is 1. The lowest BCUT2D eigenvalue weighted by Gasteiger charge is -2.16. The zero-order valence-corrected chi connectivity index (χ0v) is 11.6.